The number of nitrogen functional groups attached to an aromatic ring is 1. The van der Waals surface area contributed by atoms with Crippen molar-refractivity contribution in [2.45, 2.75) is 9.79 Å². The van der Waals surface area contributed by atoms with E-state index >= 15 is 0 Å². The zero-order chi connectivity index (χ0) is 25.6. The molecule has 0 fully saturated rings. The molecule has 3 aromatic rings. The van der Waals surface area contributed by atoms with Gasteiger partial charge in [-0.2, -0.15) is 16.8 Å². The van der Waals surface area contributed by atoms with Gasteiger partial charge in [-0.05, 0) is 29.7 Å². The summed E-state index contributed by atoms with van der Waals surface area (Å²) in [6.07, 6.45) is 0. The Balaban J connectivity index is 2.32. The van der Waals surface area contributed by atoms with E-state index in [1.54, 1.807) is 0 Å². The highest BCUT2D eigenvalue weighted by Gasteiger charge is 2.25. The second-order valence-electron chi connectivity index (χ2n) is 6.52. The van der Waals surface area contributed by atoms with Gasteiger partial charge >= 0.3 is 5.69 Å². The lowest BCUT2D eigenvalue weighted by atomic mass is 10.1. The lowest BCUT2D eigenvalue weighted by Crippen LogP contribution is -2.02. The van der Waals surface area contributed by atoms with Crippen molar-refractivity contribution in [1.29, 1.82) is 0 Å². The number of nitro benzene ring substituents is 2. The Morgan fingerprint density at radius 2 is 1.53 bits per heavy atom. The van der Waals surface area contributed by atoms with Crippen LogP contribution < -0.4 is 5.73 Å². The molecule has 0 saturated heterocycles. The molecule has 0 aliphatic carbocycles. The first-order chi connectivity index (χ1) is 15.6. The molecule has 18 heteroatoms. The first-order valence-electron chi connectivity index (χ1n) is 8.50. The SMILES string of the molecule is Nc1cc(S(=O)(=O)O)cc2cc(S(=O)(=O)O)c(N=Nc3ccc([N+](=O)[O-])cc3[N+](=O)[O-])c(O)c12. The number of rotatable bonds is 6. The van der Waals surface area contributed by atoms with Crippen LogP contribution in [0.25, 0.3) is 10.8 Å². The molecule has 0 radical (unpaired) electrons. The fraction of sp³-hybridized carbons (Fsp3) is 0. The minimum atomic E-state index is -5.15. The summed E-state index contributed by atoms with van der Waals surface area (Å²) in [7, 11) is -9.93. The molecular weight excluding hydrogens is 502 g/mol. The van der Waals surface area contributed by atoms with Gasteiger partial charge in [0.15, 0.2) is 11.4 Å². The summed E-state index contributed by atoms with van der Waals surface area (Å²) in [5, 5.41) is 38.9. The number of phenols is 1. The van der Waals surface area contributed by atoms with E-state index in [1.807, 2.05) is 0 Å². The van der Waals surface area contributed by atoms with Gasteiger partial charge in [-0.25, -0.2) is 0 Å². The summed E-state index contributed by atoms with van der Waals surface area (Å²) in [5.41, 5.74) is 2.29. The molecule has 0 saturated carbocycles. The predicted molar refractivity (Wildman–Crippen MR) is 114 cm³/mol. The monoisotopic (exact) mass is 513 g/mol. The van der Waals surface area contributed by atoms with Gasteiger partial charge in [-0.15, -0.1) is 10.2 Å². The Bertz CT molecular complexity index is 1630. The number of nitro groups is 2. The number of benzene rings is 3. The first kappa shape index (κ1) is 24.4. The quantitative estimate of drug-likeness (QED) is 0.122. The molecule has 34 heavy (non-hydrogen) atoms. The highest BCUT2D eigenvalue weighted by atomic mass is 32.2. The molecule has 0 atom stereocenters. The second-order valence-corrected chi connectivity index (χ2v) is 9.33. The van der Waals surface area contributed by atoms with Crippen molar-refractivity contribution in [2.75, 3.05) is 5.73 Å². The smallest absolute Gasteiger partial charge is 0.303 e. The molecular formula is C16H11N5O11S2. The van der Waals surface area contributed by atoms with Crippen LogP contribution in [0.15, 0.2) is 56.4 Å². The second kappa shape index (κ2) is 8.26. The Kier molecular flexibility index (Phi) is 5.92. The van der Waals surface area contributed by atoms with Crippen LogP contribution >= 0.6 is 0 Å². The number of hydrogen-bond donors (Lipinski definition) is 4. The molecule has 0 spiro atoms. The van der Waals surface area contributed by atoms with E-state index < -0.39 is 74.1 Å². The van der Waals surface area contributed by atoms with E-state index in [2.05, 4.69) is 10.2 Å². The van der Waals surface area contributed by atoms with Gasteiger partial charge in [0.05, 0.1) is 20.8 Å². The van der Waals surface area contributed by atoms with Gasteiger partial charge < -0.3 is 10.8 Å². The van der Waals surface area contributed by atoms with Crippen molar-refractivity contribution in [3.8, 4) is 5.75 Å². The van der Waals surface area contributed by atoms with Gasteiger partial charge in [-0.3, -0.25) is 29.3 Å². The predicted octanol–water partition coefficient (Wildman–Crippen LogP) is 2.85. The zero-order valence-electron chi connectivity index (χ0n) is 16.3. The molecule has 16 nitrogen and oxygen atoms in total. The first-order valence-corrected chi connectivity index (χ1v) is 11.4. The number of fused-ring (bicyclic) bond motifs is 1. The highest BCUT2D eigenvalue weighted by Crippen LogP contribution is 2.45. The van der Waals surface area contributed by atoms with Gasteiger partial charge in [0.25, 0.3) is 25.9 Å². The number of phenolic OH excluding ortho intramolecular Hbond substituents is 1. The Morgan fingerprint density at radius 3 is 2.06 bits per heavy atom. The molecule has 0 heterocycles. The summed E-state index contributed by atoms with van der Waals surface area (Å²) < 4.78 is 65.4. The molecule has 0 aliphatic heterocycles. The minimum Gasteiger partial charge on any atom is -0.505 e. The lowest BCUT2D eigenvalue weighted by molar-refractivity contribution is -0.393. The van der Waals surface area contributed by atoms with Gasteiger partial charge in [0, 0.05) is 17.1 Å². The number of nitrogens with zero attached hydrogens (tertiary/aromatic N) is 4. The number of anilines is 1. The standard InChI is InChI=1S/C16H11N5O11S2/c17-10-6-9(33(27,28)29)3-7-4-13(34(30,31)32)15(16(22)14(7)10)19-18-11-2-1-8(20(23)24)5-12(11)21(25)26/h1-6,22H,17H2,(H,27,28,29)(H,30,31,32). The third kappa shape index (κ3) is 4.59. The van der Waals surface area contributed by atoms with Crippen LogP contribution in [-0.4, -0.2) is 40.9 Å². The van der Waals surface area contributed by atoms with Crippen molar-refractivity contribution in [3.05, 3.63) is 56.6 Å². The number of azo groups is 1. The Labute approximate surface area is 188 Å². The van der Waals surface area contributed by atoms with Crippen LogP contribution in [0.1, 0.15) is 0 Å². The number of hydrogen-bond acceptors (Lipinski definition) is 12. The van der Waals surface area contributed by atoms with Crippen LogP contribution in [0, 0.1) is 20.2 Å². The van der Waals surface area contributed by atoms with Crippen molar-refractivity contribution in [1.82, 2.24) is 0 Å². The van der Waals surface area contributed by atoms with Crippen molar-refractivity contribution in [3.63, 3.8) is 0 Å². The van der Waals surface area contributed by atoms with Crippen LogP contribution in [0.3, 0.4) is 0 Å². The Morgan fingerprint density at radius 1 is 0.882 bits per heavy atom. The van der Waals surface area contributed by atoms with E-state index in [4.69, 9.17) is 5.73 Å². The van der Waals surface area contributed by atoms with E-state index in [-0.39, 0.29) is 10.8 Å². The van der Waals surface area contributed by atoms with Crippen LogP contribution in [0.2, 0.25) is 0 Å². The molecule has 178 valence electrons. The third-order valence-corrected chi connectivity index (χ3v) is 6.05. The van der Waals surface area contributed by atoms with Gasteiger partial charge in [-0.1, -0.05) is 0 Å². The van der Waals surface area contributed by atoms with Crippen LogP contribution in [0.5, 0.6) is 5.75 Å². The summed E-state index contributed by atoms with van der Waals surface area (Å²) in [5.74, 6) is -1.00. The molecule has 0 aromatic heterocycles. The van der Waals surface area contributed by atoms with Crippen LogP contribution in [0.4, 0.5) is 28.4 Å². The summed E-state index contributed by atoms with van der Waals surface area (Å²) in [4.78, 5) is 18.3. The molecule has 3 aromatic carbocycles. The number of nitrogens with two attached hydrogens (primary N) is 1. The van der Waals surface area contributed by atoms with E-state index in [9.17, 15) is 51.3 Å². The van der Waals surface area contributed by atoms with Crippen molar-refractivity contribution < 1.29 is 40.9 Å². The molecule has 0 aliphatic rings. The normalized spacial score (nSPS) is 12.3. The summed E-state index contributed by atoms with van der Waals surface area (Å²) >= 11 is 0. The van der Waals surface area contributed by atoms with E-state index in [1.165, 1.54) is 0 Å². The largest absolute Gasteiger partial charge is 0.505 e. The molecule has 0 bridgehead atoms. The summed E-state index contributed by atoms with van der Waals surface area (Å²) in [6.45, 7) is 0. The van der Waals surface area contributed by atoms with E-state index in [0.717, 1.165) is 24.3 Å². The topological polar surface area (TPSA) is 266 Å². The molecule has 5 N–H and O–H groups in total. The van der Waals surface area contributed by atoms with Gasteiger partial charge in [0.1, 0.15) is 10.6 Å². The van der Waals surface area contributed by atoms with Crippen molar-refractivity contribution in [2.24, 2.45) is 10.2 Å². The average molecular weight is 513 g/mol. The maximum atomic E-state index is 11.9. The number of non-ortho nitro benzene ring substituents is 1. The van der Waals surface area contributed by atoms with Gasteiger partial charge in [0.2, 0.25) is 0 Å². The lowest BCUT2D eigenvalue weighted by Gasteiger charge is -2.11. The van der Waals surface area contributed by atoms with E-state index in [0.29, 0.717) is 12.1 Å². The maximum absolute atomic E-state index is 11.9. The average Bonchev–Trinajstić information content (AvgIpc) is 2.70. The zero-order valence-corrected chi connectivity index (χ0v) is 17.9. The maximum Gasteiger partial charge on any atom is 0.303 e. The fourth-order valence-electron chi connectivity index (χ4n) is 2.89. The summed E-state index contributed by atoms with van der Waals surface area (Å²) in [6, 6.07) is 4.48. The molecule has 0 unspecified atom stereocenters. The molecule has 0 amide bonds. The molecule has 3 rings (SSSR count). The van der Waals surface area contributed by atoms with Crippen LogP contribution in [-0.2, 0) is 20.2 Å². The minimum absolute atomic E-state index is 0.335. The number of aromatic hydroxyl groups is 1. The van der Waals surface area contributed by atoms with Crippen molar-refractivity contribution >= 4 is 59.4 Å². The third-order valence-electron chi connectivity index (χ3n) is 4.35. The Hall–Kier alpha value is -4.26. The highest BCUT2D eigenvalue weighted by molar-refractivity contribution is 7.86. The fourth-order valence-corrected chi connectivity index (χ4v) is 4.10.